The predicted octanol–water partition coefficient (Wildman–Crippen LogP) is 3.30. The molecule has 1 aliphatic heterocycles. The molecule has 0 aliphatic carbocycles. The molecule has 1 aromatic heterocycles. The summed E-state index contributed by atoms with van der Waals surface area (Å²) in [5.41, 5.74) is 5.24. The Morgan fingerprint density at radius 3 is 2.67 bits per heavy atom. The molecule has 1 aromatic carbocycles. The topological polar surface area (TPSA) is 48.1 Å². The van der Waals surface area contributed by atoms with Gasteiger partial charge in [-0.25, -0.2) is 4.79 Å². The fourth-order valence-electron chi connectivity index (χ4n) is 3.40. The summed E-state index contributed by atoms with van der Waals surface area (Å²) in [7, 11) is 1.69. The number of H-pyrrole nitrogens is 1. The van der Waals surface area contributed by atoms with Crippen LogP contribution in [0.5, 0.6) is 0 Å². The Morgan fingerprint density at radius 1 is 1.29 bits per heavy atom. The van der Waals surface area contributed by atoms with Gasteiger partial charge in [-0.1, -0.05) is 11.6 Å². The summed E-state index contributed by atoms with van der Waals surface area (Å²) < 4.78 is 0. The number of carbonyl (C=O) groups excluding carboxylic acids is 1. The van der Waals surface area contributed by atoms with Crippen molar-refractivity contribution in [1.29, 1.82) is 0 Å². The first kappa shape index (κ1) is 14.0. The third-order valence-electron chi connectivity index (χ3n) is 4.66. The summed E-state index contributed by atoms with van der Waals surface area (Å²) in [4.78, 5) is 17.2. The van der Waals surface area contributed by atoms with Crippen molar-refractivity contribution in [3.05, 3.63) is 35.0 Å². The largest absolute Gasteiger partial charge is 0.358 e. The average molecular weight is 285 g/mol. The van der Waals surface area contributed by atoms with E-state index in [1.807, 2.05) is 4.90 Å². The highest BCUT2D eigenvalue weighted by atomic mass is 16.2. The second-order valence-electron chi connectivity index (χ2n) is 6.03. The lowest BCUT2D eigenvalue weighted by molar-refractivity contribution is 0.183. The number of aromatic amines is 1. The Hall–Kier alpha value is -1.97. The number of likely N-dealkylation sites (tertiary alicyclic amines) is 1. The van der Waals surface area contributed by atoms with E-state index in [0.717, 1.165) is 25.9 Å². The zero-order valence-corrected chi connectivity index (χ0v) is 13.0. The molecule has 1 saturated heterocycles. The number of benzene rings is 1. The van der Waals surface area contributed by atoms with Crippen molar-refractivity contribution in [3.8, 4) is 0 Å². The van der Waals surface area contributed by atoms with Crippen LogP contribution in [0.1, 0.15) is 35.6 Å². The van der Waals surface area contributed by atoms with Crippen LogP contribution in [0.15, 0.2) is 18.2 Å². The number of fused-ring (bicyclic) bond motifs is 1. The standard InChI is InChI=1S/C17H23N3O/c1-11-4-5-15-14(10-11)12(2)16(19-15)13-6-8-20(9-7-13)17(21)18-3/h4-5,10,13,19H,6-9H2,1-3H3,(H,18,21). The second kappa shape index (κ2) is 5.43. The predicted molar refractivity (Wildman–Crippen MR) is 85.8 cm³/mol. The van der Waals surface area contributed by atoms with Crippen molar-refractivity contribution in [3.63, 3.8) is 0 Å². The van der Waals surface area contributed by atoms with Gasteiger partial charge in [-0.2, -0.15) is 0 Å². The number of nitrogens with one attached hydrogen (secondary N) is 2. The lowest BCUT2D eigenvalue weighted by Gasteiger charge is -2.31. The zero-order chi connectivity index (χ0) is 15.0. The summed E-state index contributed by atoms with van der Waals surface area (Å²) >= 11 is 0. The minimum absolute atomic E-state index is 0.0393. The molecule has 2 heterocycles. The highest BCUT2D eigenvalue weighted by Gasteiger charge is 2.25. The minimum atomic E-state index is 0.0393. The van der Waals surface area contributed by atoms with E-state index in [-0.39, 0.29) is 6.03 Å². The molecule has 0 spiro atoms. The number of nitrogens with zero attached hydrogens (tertiary/aromatic N) is 1. The molecule has 21 heavy (non-hydrogen) atoms. The number of rotatable bonds is 1. The summed E-state index contributed by atoms with van der Waals surface area (Å²) in [6.07, 6.45) is 2.06. The summed E-state index contributed by atoms with van der Waals surface area (Å²) in [5, 5.41) is 4.04. The van der Waals surface area contributed by atoms with Gasteiger partial charge in [-0.05, 0) is 44.4 Å². The number of hydrogen-bond donors (Lipinski definition) is 2. The minimum Gasteiger partial charge on any atom is -0.358 e. The summed E-state index contributed by atoms with van der Waals surface area (Å²) in [6, 6.07) is 6.61. The zero-order valence-electron chi connectivity index (χ0n) is 13.0. The van der Waals surface area contributed by atoms with E-state index in [1.165, 1.54) is 27.7 Å². The number of hydrogen-bond acceptors (Lipinski definition) is 1. The highest BCUT2D eigenvalue weighted by molar-refractivity contribution is 5.85. The van der Waals surface area contributed by atoms with Crippen molar-refractivity contribution in [1.82, 2.24) is 15.2 Å². The third-order valence-corrected chi connectivity index (χ3v) is 4.66. The maximum atomic E-state index is 11.7. The van der Waals surface area contributed by atoms with Crippen molar-refractivity contribution in [2.45, 2.75) is 32.6 Å². The number of carbonyl (C=O) groups is 1. The Balaban J connectivity index is 1.82. The average Bonchev–Trinajstić information content (AvgIpc) is 2.83. The lowest BCUT2D eigenvalue weighted by atomic mass is 9.91. The normalized spacial score (nSPS) is 16.4. The molecule has 0 saturated carbocycles. The number of aromatic nitrogens is 1. The summed E-state index contributed by atoms with van der Waals surface area (Å²) in [5.74, 6) is 0.526. The lowest BCUT2D eigenvalue weighted by Crippen LogP contribution is -2.42. The van der Waals surface area contributed by atoms with E-state index < -0.39 is 0 Å². The summed E-state index contributed by atoms with van der Waals surface area (Å²) in [6.45, 7) is 6.00. The van der Waals surface area contributed by atoms with E-state index in [2.05, 4.69) is 42.3 Å². The Kier molecular flexibility index (Phi) is 3.62. The Bertz CT molecular complexity index is 666. The van der Waals surface area contributed by atoms with E-state index in [0.29, 0.717) is 5.92 Å². The van der Waals surface area contributed by atoms with Gasteiger partial charge in [-0.15, -0.1) is 0 Å². The van der Waals surface area contributed by atoms with Crippen LogP contribution >= 0.6 is 0 Å². The molecule has 0 unspecified atom stereocenters. The van der Waals surface area contributed by atoms with Crippen LogP contribution in [0.25, 0.3) is 10.9 Å². The van der Waals surface area contributed by atoms with Crippen LogP contribution in [0, 0.1) is 13.8 Å². The van der Waals surface area contributed by atoms with Crippen LogP contribution in [0.2, 0.25) is 0 Å². The molecule has 0 radical (unpaired) electrons. The molecule has 4 nitrogen and oxygen atoms in total. The van der Waals surface area contributed by atoms with Crippen molar-refractivity contribution in [2.75, 3.05) is 20.1 Å². The fourth-order valence-corrected chi connectivity index (χ4v) is 3.40. The van der Waals surface area contributed by atoms with Crippen molar-refractivity contribution >= 4 is 16.9 Å². The molecule has 1 aliphatic rings. The van der Waals surface area contributed by atoms with Gasteiger partial charge < -0.3 is 15.2 Å². The molecule has 2 N–H and O–H groups in total. The molecule has 4 heteroatoms. The van der Waals surface area contributed by atoms with Gasteiger partial charge in [0.05, 0.1) is 0 Å². The van der Waals surface area contributed by atoms with Gasteiger partial charge in [0.1, 0.15) is 0 Å². The number of piperidine rings is 1. The van der Waals surface area contributed by atoms with Crippen LogP contribution < -0.4 is 5.32 Å². The first-order valence-corrected chi connectivity index (χ1v) is 7.65. The van der Waals surface area contributed by atoms with E-state index in [4.69, 9.17) is 0 Å². The first-order valence-electron chi connectivity index (χ1n) is 7.65. The molecule has 1 fully saturated rings. The van der Waals surface area contributed by atoms with Crippen LogP contribution in [0.4, 0.5) is 4.79 Å². The SMILES string of the molecule is CNC(=O)N1CCC(c2[nH]c3ccc(C)cc3c2C)CC1. The molecule has 2 amide bonds. The second-order valence-corrected chi connectivity index (χ2v) is 6.03. The highest BCUT2D eigenvalue weighted by Crippen LogP contribution is 2.33. The Morgan fingerprint density at radius 2 is 2.00 bits per heavy atom. The maximum Gasteiger partial charge on any atom is 0.317 e. The van der Waals surface area contributed by atoms with Crippen molar-refractivity contribution in [2.24, 2.45) is 0 Å². The third kappa shape index (κ3) is 2.50. The molecule has 0 bridgehead atoms. The number of amides is 2. The molecule has 3 rings (SSSR count). The van der Waals surface area contributed by atoms with Gasteiger partial charge in [-0.3, -0.25) is 0 Å². The van der Waals surface area contributed by atoms with Crippen LogP contribution in [-0.4, -0.2) is 36.1 Å². The molecular formula is C17H23N3O. The van der Waals surface area contributed by atoms with Gasteiger partial charge in [0, 0.05) is 42.7 Å². The molecule has 112 valence electrons. The van der Waals surface area contributed by atoms with E-state index in [1.54, 1.807) is 7.05 Å². The quantitative estimate of drug-likeness (QED) is 0.829. The molecule has 2 aromatic rings. The number of urea groups is 1. The van der Waals surface area contributed by atoms with Gasteiger partial charge in [0.15, 0.2) is 0 Å². The van der Waals surface area contributed by atoms with Gasteiger partial charge >= 0.3 is 6.03 Å². The maximum absolute atomic E-state index is 11.7. The molecular weight excluding hydrogens is 262 g/mol. The number of aryl methyl sites for hydroxylation is 2. The van der Waals surface area contributed by atoms with Crippen LogP contribution in [-0.2, 0) is 0 Å². The fraction of sp³-hybridized carbons (Fsp3) is 0.471. The van der Waals surface area contributed by atoms with Gasteiger partial charge in [0.2, 0.25) is 0 Å². The Labute approximate surface area is 125 Å². The van der Waals surface area contributed by atoms with Crippen LogP contribution in [0.3, 0.4) is 0 Å². The monoisotopic (exact) mass is 285 g/mol. The van der Waals surface area contributed by atoms with E-state index >= 15 is 0 Å². The first-order chi connectivity index (χ1) is 10.1. The van der Waals surface area contributed by atoms with Crippen molar-refractivity contribution < 1.29 is 4.79 Å². The smallest absolute Gasteiger partial charge is 0.317 e. The van der Waals surface area contributed by atoms with E-state index in [9.17, 15) is 4.79 Å². The van der Waals surface area contributed by atoms with Gasteiger partial charge in [0.25, 0.3) is 0 Å². The molecule has 0 atom stereocenters.